The lowest BCUT2D eigenvalue weighted by Gasteiger charge is -2.17. The number of hydrogen-bond acceptors (Lipinski definition) is 5. The number of nitrogens with zero attached hydrogens (tertiary/aromatic N) is 4. The summed E-state index contributed by atoms with van der Waals surface area (Å²) >= 11 is 0. The molecular weight excluding hydrogens is 443 g/mol. The van der Waals surface area contributed by atoms with E-state index < -0.39 is 27.1 Å². The van der Waals surface area contributed by atoms with Crippen LogP contribution in [0.15, 0.2) is 53.7 Å². The summed E-state index contributed by atoms with van der Waals surface area (Å²) in [4.78, 5) is 8.12. The van der Waals surface area contributed by atoms with Crippen molar-refractivity contribution >= 4 is 26.8 Å². The van der Waals surface area contributed by atoms with Gasteiger partial charge in [-0.05, 0) is 49.8 Å². The van der Waals surface area contributed by atoms with Crippen LogP contribution in [-0.2, 0) is 10.0 Å². The lowest BCUT2D eigenvalue weighted by atomic mass is 10.1. The molecule has 0 amide bonds. The molecule has 4 rings (SSSR count). The van der Waals surface area contributed by atoms with Crippen LogP contribution in [0.1, 0.15) is 18.1 Å². The predicted octanol–water partition coefficient (Wildman–Crippen LogP) is 3.92. The van der Waals surface area contributed by atoms with Crippen molar-refractivity contribution in [3.63, 3.8) is 0 Å². The molecule has 0 aromatic carbocycles. The Morgan fingerprint density at radius 3 is 2.47 bits per heavy atom. The number of aromatic nitrogens is 3. The molecule has 0 spiro atoms. The van der Waals surface area contributed by atoms with E-state index in [4.69, 9.17) is 0 Å². The van der Waals surface area contributed by atoms with Gasteiger partial charge in [-0.15, -0.1) is 0 Å². The molecule has 0 saturated heterocycles. The van der Waals surface area contributed by atoms with Gasteiger partial charge in [0.05, 0.1) is 16.9 Å². The first kappa shape index (κ1) is 21.7. The summed E-state index contributed by atoms with van der Waals surface area (Å²) in [5.41, 5.74) is 3.78. The van der Waals surface area contributed by atoms with Gasteiger partial charge in [0.1, 0.15) is 28.1 Å². The molecule has 164 valence electrons. The number of pyridine rings is 2. The van der Waals surface area contributed by atoms with Crippen molar-refractivity contribution in [3.8, 4) is 17.5 Å². The minimum absolute atomic E-state index is 0.258. The lowest BCUT2D eigenvalue weighted by Crippen LogP contribution is -2.42. The molecule has 0 radical (unpaired) electrons. The quantitative estimate of drug-likeness (QED) is 0.623. The van der Waals surface area contributed by atoms with E-state index in [1.54, 1.807) is 15.5 Å². The van der Waals surface area contributed by atoms with Crippen LogP contribution >= 0.6 is 0 Å². The van der Waals surface area contributed by atoms with Gasteiger partial charge in [-0.1, -0.05) is 6.08 Å². The van der Waals surface area contributed by atoms with Gasteiger partial charge in [0, 0.05) is 18.1 Å². The number of aryl methyl sites for hydroxylation is 1. The Labute approximate surface area is 181 Å². The van der Waals surface area contributed by atoms with Crippen molar-refractivity contribution in [3.05, 3.63) is 59.9 Å². The van der Waals surface area contributed by atoms with Crippen LogP contribution in [0.3, 0.4) is 0 Å². The Kier molecular flexibility index (Phi) is 5.15. The number of nitriles is 1. The monoisotopic (exact) mass is 459 g/mol. The fourth-order valence-electron chi connectivity index (χ4n) is 3.26. The molecule has 1 N–H and O–H groups in total. The molecule has 0 saturated carbocycles. The number of halogens is 3. The summed E-state index contributed by atoms with van der Waals surface area (Å²) < 4.78 is 66.3. The molecule has 7 nitrogen and oxygen atoms in total. The third-order valence-corrected chi connectivity index (χ3v) is 6.48. The van der Waals surface area contributed by atoms with Crippen LogP contribution in [0.4, 0.5) is 13.2 Å². The topological polar surface area (TPSA) is 101 Å². The summed E-state index contributed by atoms with van der Waals surface area (Å²) in [5, 5.41) is 9.81. The van der Waals surface area contributed by atoms with Crippen molar-refractivity contribution in [1.82, 2.24) is 19.3 Å². The normalized spacial score (nSPS) is 14.7. The van der Waals surface area contributed by atoms with Crippen molar-refractivity contribution in [2.45, 2.75) is 31.0 Å². The zero-order valence-corrected chi connectivity index (χ0v) is 17.7. The van der Waals surface area contributed by atoms with Crippen LogP contribution in [0.5, 0.6) is 0 Å². The highest BCUT2D eigenvalue weighted by molar-refractivity contribution is 7.89. The van der Waals surface area contributed by atoms with Gasteiger partial charge < -0.3 is 4.57 Å². The molecule has 1 aliphatic rings. The van der Waals surface area contributed by atoms with Crippen molar-refractivity contribution in [2.75, 3.05) is 0 Å². The van der Waals surface area contributed by atoms with Gasteiger partial charge in [0.25, 0.3) is 0 Å². The third-order valence-electron chi connectivity index (χ3n) is 4.96. The number of fused-ring (bicyclic) bond motifs is 1. The van der Waals surface area contributed by atoms with Gasteiger partial charge in [0.2, 0.25) is 10.0 Å². The minimum Gasteiger partial charge on any atom is -0.305 e. The predicted molar refractivity (Wildman–Crippen MR) is 112 cm³/mol. The van der Waals surface area contributed by atoms with Crippen LogP contribution in [0, 0.1) is 18.3 Å². The smallest absolute Gasteiger partial charge is 0.305 e. The molecule has 11 heteroatoms. The highest BCUT2D eigenvalue weighted by Crippen LogP contribution is 2.36. The zero-order valence-electron chi connectivity index (χ0n) is 16.8. The van der Waals surface area contributed by atoms with E-state index >= 15 is 0 Å². The Hall–Kier alpha value is -3.49. The van der Waals surface area contributed by atoms with Gasteiger partial charge in [-0.2, -0.15) is 23.2 Å². The summed E-state index contributed by atoms with van der Waals surface area (Å²) in [5.74, 6) is 0. The third kappa shape index (κ3) is 3.68. The average molecular weight is 459 g/mol. The maximum atomic E-state index is 12.8. The molecule has 1 aliphatic carbocycles. The number of hydrogen-bond donors (Lipinski definition) is 1. The van der Waals surface area contributed by atoms with E-state index in [9.17, 15) is 26.9 Å². The van der Waals surface area contributed by atoms with Crippen LogP contribution in [0.25, 0.3) is 28.1 Å². The Balaban J connectivity index is 1.82. The average Bonchev–Trinajstić information content (AvgIpc) is 2.99. The summed E-state index contributed by atoms with van der Waals surface area (Å²) in [7, 11) is -4.45. The largest absolute Gasteiger partial charge is 0.404 e. The Morgan fingerprint density at radius 1 is 1.22 bits per heavy atom. The fourth-order valence-corrected chi connectivity index (χ4v) is 4.43. The second-order valence-corrected chi connectivity index (χ2v) is 8.98. The van der Waals surface area contributed by atoms with Gasteiger partial charge in [0.15, 0.2) is 0 Å². The molecule has 1 atom stereocenters. The maximum Gasteiger partial charge on any atom is 0.404 e. The molecule has 32 heavy (non-hydrogen) atoms. The van der Waals surface area contributed by atoms with E-state index in [1.165, 1.54) is 6.07 Å². The summed E-state index contributed by atoms with van der Waals surface area (Å²) in [6, 6.07) is 4.26. The molecular formula is C21H16F3N5O2S. The molecule has 1 unspecified atom stereocenters. The van der Waals surface area contributed by atoms with E-state index in [0.717, 1.165) is 23.5 Å². The second kappa shape index (κ2) is 7.58. The standard InChI is InChI=1S/C21H16F3N5O2S/c1-12-8-18-19(27-10-12)16(9-25)20(29(18)14-4-3-5-14)17-7-6-15(11-26-17)32(30,31)28-13(2)21(22,23)24/h3-8,10-11,13,28H,1-2H3. The molecule has 0 aliphatic heterocycles. The molecule has 3 aromatic rings. The highest BCUT2D eigenvalue weighted by atomic mass is 32.2. The van der Waals surface area contributed by atoms with Crippen LogP contribution < -0.4 is 4.72 Å². The first-order valence-corrected chi connectivity index (χ1v) is 10.9. The Morgan fingerprint density at radius 2 is 1.94 bits per heavy atom. The highest BCUT2D eigenvalue weighted by Gasteiger charge is 2.39. The Bertz CT molecular complexity index is 1430. The van der Waals surface area contributed by atoms with E-state index in [-0.39, 0.29) is 11.3 Å². The van der Waals surface area contributed by atoms with Crippen molar-refractivity contribution in [2.24, 2.45) is 0 Å². The van der Waals surface area contributed by atoms with Crippen LogP contribution in [-0.4, -0.2) is 35.2 Å². The maximum absolute atomic E-state index is 12.8. The SMILES string of the molecule is Cc1cnc2c(C#N)c(-c3ccc(S(=O)(=O)NC(C)C(F)(F)F)cn3)n(C3=CC=C3)c2c1. The van der Waals surface area contributed by atoms with E-state index in [2.05, 4.69) is 16.0 Å². The van der Waals surface area contributed by atoms with Gasteiger partial charge >= 0.3 is 6.18 Å². The zero-order chi connectivity index (χ0) is 23.3. The number of allylic oxidation sites excluding steroid dienone is 4. The van der Waals surface area contributed by atoms with Gasteiger partial charge in [-0.3, -0.25) is 9.97 Å². The number of nitrogens with one attached hydrogen (secondary N) is 1. The molecule has 3 aromatic heterocycles. The molecule has 0 bridgehead atoms. The fraction of sp³-hybridized carbons (Fsp3) is 0.190. The number of rotatable bonds is 5. The summed E-state index contributed by atoms with van der Waals surface area (Å²) in [6.45, 7) is 2.58. The summed E-state index contributed by atoms with van der Waals surface area (Å²) in [6.07, 6.45) is 3.39. The van der Waals surface area contributed by atoms with Crippen molar-refractivity contribution in [1.29, 1.82) is 5.26 Å². The number of sulfonamides is 1. The number of alkyl halides is 3. The molecule has 0 fully saturated rings. The first-order valence-electron chi connectivity index (χ1n) is 9.38. The first-order chi connectivity index (χ1) is 15.0. The minimum atomic E-state index is -4.72. The van der Waals surface area contributed by atoms with E-state index in [1.807, 2.05) is 31.2 Å². The van der Waals surface area contributed by atoms with Gasteiger partial charge in [-0.25, -0.2) is 8.42 Å². The second-order valence-electron chi connectivity index (χ2n) is 7.27. The molecule has 3 heterocycles. The lowest BCUT2D eigenvalue weighted by molar-refractivity contribution is -0.147. The van der Waals surface area contributed by atoms with Crippen molar-refractivity contribution < 1.29 is 21.6 Å². The van der Waals surface area contributed by atoms with Crippen LogP contribution in [0.2, 0.25) is 0 Å². The van der Waals surface area contributed by atoms with E-state index in [0.29, 0.717) is 23.7 Å².